The molecular weight excluding hydrogens is 262 g/mol. The lowest BCUT2D eigenvalue weighted by Gasteiger charge is -2.17. The molecule has 0 saturated carbocycles. The van der Waals surface area contributed by atoms with Crippen LogP contribution in [0.15, 0.2) is 24.3 Å². The van der Waals surface area contributed by atoms with E-state index in [1.165, 1.54) is 5.56 Å². The lowest BCUT2D eigenvalue weighted by Crippen LogP contribution is -2.22. The monoisotopic (exact) mass is 293 g/mol. The van der Waals surface area contributed by atoms with Gasteiger partial charge in [-0.1, -0.05) is 26.0 Å². The van der Waals surface area contributed by atoms with Crippen LogP contribution in [-0.4, -0.2) is 33.9 Å². The van der Waals surface area contributed by atoms with E-state index < -0.39 is 0 Å². The molecule has 0 aliphatic heterocycles. The fourth-order valence-corrected chi connectivity index (χ4v) is 2.33. The summed E-state index contributed by atoms with van der Waals surface area (Å²) in [6.45, 7) is 7.23. The molecule has 3 heteroatoms. The van der Waals surface area contributed by atoms with Gasteiger partial charge in [-0.05, 0) is 62.4 Å². The molecule has 0 aromatic heterocycles. The van der Waals surface area contributed by atoms with Gasteiger partial charge in [-0.3, -0.25) is 0 Å². The summed E-state index contributed by atoms with van der Waals surface area (Å²) in [5, 5.41) is 3.29. The van der Waals surface area contributed by atoms with E-state index >= 15 is 0 Å². The molecule has 0 aliphatic carbocycles. The maximum absolute atomic E-state index is 5.75. The minimum atomic E-state index is 0.613. The first-order valence-corrected chi connectivity index (χ1v) is 8.01. The normalized spacial score (nSPS) is 12.6. The minimum Gasteiger partial charge on any atom is -0.497 e. The number of nitrogens with one attached hydrogen (secondary N) is 1. The molecule has 1 aromatic rings. The summed E-state index contributed by atoms with van der Waals surface area (Å²) >= 11 is 0. The predicted octanol–water partition coefficient (Wildman–Crippen LogP) is 3.53. The van der Waals surface area contributed by atoms with Gasteiger partial charge in [0.15, 0.2) is 0 Å². The second-order valence-corrected chi connectivity index (χ2v) is 6.06. The van der Waals surface area contributed by atoms with E-state index in [0.29, 0.717) is 5.92 Å². The van der Waals surface area contributed by atoms with Crippen LogP contribution in [0, 0.1) is 11.8 Å². The summed E-state index contributed by atoms with van der Waals surface area (Å²) in [7, 11) is 3.72. The van der Waals surface area contributed by atoms with Crippen molar-refractivity contribution in [2.75, 3.05) is 33.9 Å². The Morgan fingerprint density at radius 1 is 1.05 bits per heavy atom. The molecule has 0 heterocycles. The summed E-state index contributed by atoms with van der Waals surface area (Å²) < 4.78 is 10.9. The van der Waals surface area contributed by atoms with Crippen molar-refractivity contribution in [3.8, 4) is 5.75 Å². The molecule has 21 heavy (non-hydrogen) atoms. The fourth-order valence-electron chi connectivity index (χ4n) is 2.33. The van der Waals surface area contributed by atoms with Crippen molar-refractivity contribution in [1.82, 2.24) is 5.32 Å². The van der Waals surface area contributed by atoms with Crippen molar-refractivity contribution in [2.24, 2.45) is 11.8 Å². The molecule has 0 bridgehead atoms. The highest BCUT2D eigenvalue weighted by Gasteiger charge is 2.09. The van der Waals surface area contributed by atoms with Crippen LogP contribution in [0.4, 0.5) is 0 Å². The third-order valence-corrected chi connectivity index (χ3v) is 3.69. The van der Waals surface area contributed by atoms with Gasteiger partial charge in [0.2, 0.25) is 0 Å². The van der Waals surface area contributed by atoms with Crippen LogP contribution in [0.5, 0.6) is 5.75 Å². The van der Waals surface area contributed by atoms with E-state index in [2.05, 4.69) is 31.3 Å². The number of hydrogen-bond donors (Lipinski definition) is 1. The van der Waals surface area contributed by atoms with Crippen LogP contribution in [-0.2, 0) is 11.2 Å². The molecule has 0 fully saturated rings. The molecule has 1 unspecified atom stereocenters. The first-order valence-electron chi connectivity index (χ1n) is 8.01. The number of methoxy groups -OCH3 is 1. The van der Waals surface area contributed by atoms with Gasteiger partial charge in [0.25, 0.3) is 0 Å². The van der Waals surface area contributed by atoms with Crippen LogP contribution in [0.2, 0.25) is 0 Å². The lowest BCUT2D eigenvalue weighted by atomic mass is 9.96. The summed E-state index contributed by atoms with van der Waals surface area (Å²) in [6.07, 6.45) is 3.33. The van der Waals surface area contributed by atoms with Gasteiger partial charge in [-0.2, -0.15) is 0 Å². The van der Waals surface area contributed by atoms with Crippen molar-refractivity contribution in [3.63, 3.8) is 0 Å². The SMILES string of the molecule is CNCC(CCOCCC(C)C)Cc1ccc(OC)cc1. The Labute approximate surface area is 130 Å². The van der Waals surface area contributed by atoms with Crippen molar-refractivity contribution in [3.05, 3.63) is 29.8 Å². The largest absolute Gasteiger partial charge is 0.497 e. The molecular formula is C18H31NO2. The van der Waals surface area contributed by atoms with Gasteiger partial charge in [0.05, 0.1) is 7.11 Å². The molecule has 1 N–H and O–H groups in total. The standard InChI is InChI=1S/C18H31NO2/c1-15(2)9-11-21-12-10-17(14-19-3)13-16-5-7-18(20-4)8-6-16/h5-8,15,17,19H,9-14H2,1-4H3. The predicted molar refractivity (Wildman–Crippen MR) is 89.0 cm³/mol. The first-order chi connectivity index (χ1) is 10.2. The molecule has 1 atom stereocenters. The summed E-state index contributed by atoms with van der Waals surface area (Å²) in [4.78, 5) is 0. The topological polar surface area (TPSA) is 30.5 Å². The van der Waals surface area contributed by atoms with E-state index in [1.807, 2.05) is 19.2 Å². The van der Waals surface area contributed by atoms with Gasteiger partial charge >= 0.3 is 0 Å². The van der Waals surface area contributed by atoms with Crippen molar-refractivity contribution in [2.45, 2.75) is 33.1 Å². The molecule has 0 radical (unpaired) electrons. The Balaban J connectivity index is 2.34. The molecule has 0 spiro atoms. The second kappa shape index (κ2) is 10.6. The number of rotatable bonds is 11. The van der Waals surface area contributed by atoms with Gasteiger partial charge in [-0.25, -0.2) is 0 Å². The average molecular weight is 293 g/mol. The first kappa shape index (κ1) is 18.0. The molecule has 1 rings (SSSR count). The smallest absolute Gasteiger partial charge is 0.118 e. The minimum absolute atomic E-state index is 0.613. The zero-order valence-electron chi connectivity index (χ0n) is 14.0. The summed E-state index contributed by atoms with van der Waals surface area (Å²) in [5.41, 5.74) is 1.36. The quantitative estimate of drug-likeness (QED) is 0.633. The van der Waals surface area contributed by atoms with Crippen LogP contribution in [0.25, 0.3) is 0 Å². The van der Waals surface area contributed by atoms with Crippen molar-refractivity contribution >= 4 is 0 Å². The maximum Gasteiger partial charge on any atom is 0.118 e. The zero-order valence-corrected chi connectivity index (χ0v) is 14.0. The molecule has 0 aliphatic rings. The average Bonchev–Trinajstić information content (AvgIpc) is 2.47. The molecule has 120 valence electrons. The zero-order chi connectivity index (χ0) is 15.5. The Bertz CT molecular complexity index is 362. The van der Waals surface area contributed by atoms with Gasteiger partial charge in [0.1, 0.15) is 5.75 Å². The second-order valence-electron chi connectivity index (χ2n) is 6.06. The molecule has 0 saturated heterocycles. The van der Waals surface area contributed by atoms with E-state index in [9.17, 15) is 0 Å². The Kier molecular flexibility index (Phi) is 9.11. The molecule has 1 aromatic carbocycles. The van der Waals surface area contributed by atoms with Crippen molar-refractivity contribution < 1.29 is 9.47 Å². The molecule has 3 nitrogen and oxygen atoms in total. The highest BCUT2D eigenvalue weighted by Crippen LogP contribution is 2.16. The number of benzene rings is 1. The third kappa shape index (κ3) is 8.08. The van der Waals surface area contributed by atoms with Crippen LogP contribution in [0.1, 0.15) is 32.3 Å². The number of ether oxygens (including phenoxy) is 2. The van der Waals surface area contributed by atoms with Crippen LogP contribution >= 0.6 is 0 Å². The van der Waals surface area contributed by atoms with E-state index in [0.717, 1.165) is 50.7 Å². The van der Waals surface area contributed by atoms with Gasteiger partial charge < -0.3 is 14.8 Å². The summed E-state index contributed by atoms with van der Waals surface area (Å²) in [6, 6.07) is 8.37. The van der Waals surface area contributed by atoms with Gasteiger partial charge in [-0.15, -0.1) is 0 Å². The molecule has 0 amide bonds. The van der Waals surface area contributed by atoms with E-state index in [1.54, 1.807) is 7.11 Å². The Morgan fingerprint density at radius 3 is 2.29 bits per heavy atom. The van der Waals surface area contributed by atoms with E-state index in [-0.39, 0.29) is 0 Å². The fraction of sp³-hybridized carbons (Fsp3) is 0.667. The van der Waals surface area contributed by atoms with Crippen LogP contribution < -0.4 is 10.1 Å². The van der Waals surface area contributed by atoms with E-state index in [4.69, 9.17) is 9.47 Å². The number of hydrogen-bond acceptors (Lipinski definition) is 3. The van der Waals surface area contributed by atoms with Gasteiger partial charge in [0, 0.05) is 13.2 Å². The summed E-state index contributed by atoms with van der Waals surface area (Å²) in [5.74, 6) is 2.25. The lowest BCUT2D eigenvalue weighted by molar-refractivity contribution is 0.110. The Morgan fingerprint density at radius 2 is 1.71 bits per heavy atom. The highest BCUT2D eigenvalue weighted by molar-refractivity contribution is 5.27. The third-order valence-electron chi connectivity index (χ3n) is 3.69. The van der Waals surface area contributed by atoms with Crippen LogP contribution in [0.3, 0.4) is 0 Å². The van der Waals surface area contributed by atoms with Crippen molar-refractivity contribution in [1.29, 1.82) is 0 Å². The highest BCUT2D eigenvalue weighted by atomic mass is 16.5. The maximum atomic E-state index is 5.75. The Hall–Kier alpha value is -1.06.